The Hall–Kier alpha value is -2.62. The van der Waals surface area contributed by atoms with E-state index in [0.717, 1.165) is 10.9 Å². The zero-order chi connectivity index (χ0) is 13.2. The van der Waals surface area contributed by atoms with Gasteiger partial charge in [-0.25, -0.2) is 9.78 Å². The summed E-state index contributed by atoms with van der Waals surface area (Å²) >= 11 is 0. The highest BCUT2D eigenvalue weighted by Crippen LogP contribution is 2.26. The standard InChI is InChI=1S/C15H11NO3/c1-18-15(17)11-9-10-5-2-3-6-12(10)16-14(11)13-7-4-8-19-13/h2-9H,1H3. The summed E-state index contributed by atoms with van der Waals surface area (Å²) in [5, 5.41) is 0.887. The first-order valence-corrected chi connectivity index (χ1v) is 5.81. The quantitative estimate of drug-likeness (QED) is 0.658. The van der Waals surface area contributed by atoms with Crippen molar-refractivity contribution < 1.29 is 13.9 Å². The van der Waals surface area contributed by atoms with Crippen LogP contribution in [0, 0.1) is 0 Å². The summed E-state index contributed by atoms with van der Waals surface area (Å²) in [6, 6.07) is 12.9. The van der Waals surface area contributed by atoms with E-state index in [1.165, 1.54) is 7.11 Å². The second-order valence-electron chi connectivity index (χ2n) is 4.05. The van der Waals surface area contributed by atoms with Crippen molar-refractivity contribution in [1.82, 2.24) is 4.98 Å². The lowest BCUT2D eigenvalue weighted by Crippen LogP contribution is -2.05. The van der Waals surface area contributed by atoms with E-state index in [9.17, 15) is 4.79 Å². The summed E-state index contributed by atoms with van der Waals surface area (Å²) < 4.78 is 10.1. The van der Waals surface area contributed by atoms with Crippen LogP contribution in [0.2, 0.25) is 0 Å². The SMILES string of the molecule is COC(=O)c1cc2ccccc2nc1-c1ccco1. The Bertz CT molecular complexity index is 732. The number of hydrogen-bond acceptors (Lipinski definition) is 4. The molecule has 0 aliphatic rings. The minimum atomic E-state index is -0.426. The zero-order valence-electron chi connectivity index (χ0n) is 10.3. The average Bonchev–Trinajstić information content (AvgIpc) is 2.99. The van der Waals surface area contributed by atoms with Crippen molar-refractivity contribution >= 4 is 16.9 Å². The smallest absolute Gasteiger partial charge is 0.340 e. The summed E-state index contributed by atoms with van der Waals surface area (Å²) in [7, 11) is 1.35. The normalized spacial score (nSPS) is 10.6. The van der Waals surface area contributed by atoms with Gasteiger partial charge in [0.2, 0.25) is 0 Å². The molecule has 4 heteroatoms. The zero-order valence-corrected chi connectivity index (χ0v) is 10.3. The van der Waals surface area contributed by atoms with Crippen LogP contribution in [0.25, 0.3) is 22.4 Å². The second kappa shape index (κ2) is 4.57. The minimum Gasteiger partial charge on any atom is -0.465 e. The first-order chi connectivity index (χ1) is 9.29. The monoisotopic (exact) mass is 253 g/mol. The third kappa shape index (κ3) is 1.97. The number of pyridine rings is 1. The molecule has 0 bridgehead atoms. The molecule has 0 aliphatic carbocycles. The van der Waals surface area contributed by atoms with Crippen LogP contribution in [0.15, 0.2) is 53.1 Å². The average molecular weight is 253 g/mol. The van der Waals surface area contributed by atoms with Gasteiger partial charge >= 0.3 is 5.97 Å². The summed E-state index contributed by atoms with van der Waals surface area (Å²) in [6.45, 7) is 0. The molecule has 0 saturated heterocycles. The van der Waals surface area contributed by atoms with Gasteiger partial charge in [-0.2, -0.15) is 0 Å². The molecule has 0 unspecified atom stereocenters. The molecule has 0 aliphatic heterocycles. The number of esters is 1. The first-order valence-electron chi connectivity index (χ1n) is 5.81. The second-order valence-corrected chi connectivity index (χ2v) is 4.05. The third-order valence-corrected chi connectivity index (χ3v) is 2.88. The molecular weight excluding hydrogens is 242 g/mol. The van der Waals surface area contributed by atoms with Gasteiger partial charge in [0.25, 0.3) is 0 Å². The molecule has 1 aromatic carbocycles. The number of aromatic nitrogens is 1. The van der Waals surface area contributed by atoms with Crippen LogP contribution in [-0.2, 0) is 4.74 Å². The number of carbonyl (C=O) groups excluding carboxylic acids is 1. The number of ether oxygens (including phenoxy) is 1. The number of rotatable bonds is 2. The lowest BCUT2D eigenvalue weighted by molar-refractivity contribution is 0.0601. The van der Waals surface area contributed by atoms with Crippen molar-refractivity contribution in [1.29, 1.82) is 0 Å². The Morgan fingerprint density at radius 2 is 2.05 bits per heavy atom. The van der Waals surface area contributed by atoms with E-state index in [1.54, 1.807) is 24.5 Å². The van der Waals surface area contributed by atoms with Gasteiger partial charge in [-0.15, -0.1) is 0 Å². The van der Waals surface area contributed by atoms with Gasteiger partial charge in [-0.3, -0.25) is 0 Å². The lowest BCUT2D eigenvalue weighted by Gasteiger charge is -2.07. The molecule has 2 aromatic heterocycles. The predicted octanol–water partition coefficient (Wildman–Crippen LogP) is 3.28. The topological polar surface area (TPSA) is 52.3 Å². The number of furan rings is 1. The van der Waals surface area contributed by atoms with Crippen molar-refractivity contribution in [2.24, 2.45) is 0 Å². The van der Waals surface area contributed by atoms with Crippen LogP contribution in [0.3, 0.4) is 0 Å². The molecule has 3 rings (SSSR count). The number of nitrogens with zero attached hydrogens (tertiary/aromatic N) is 1. The van der Waals surface area contributed by atoms with E-state index >= 15 is 0 Å². The van der Waals surface area contributed by atoms with Crippen LogP contribution in [0.4, 0.5) is 0 Å². The number of benzene rings is 1. The molecule has 0 amide bonds. The maximum atomic E-state index is 11.9. The molecule has 94 valence electrons. The summed E-state index contributed by atoms with van der Waals surface area (Å²) in [6.07, 6.45) is 1.55. The van der Waals surface area contributed by atoms with Crippen molar-refractivity contribution in [3.05, 3.63) is 54.3 Å². The maximum Gasteiger partial charge on any atom is 0.340 e. The van der Waals surface area contributed by atoms with Gasteiger partial charge < -0.3 is 9.15 Å². The summed E-state index contributed by atoms with van der Waals surface area (Å²) in [5.74, 6) is 0.121. The molecule has 0 N–H and O–H groups in total. The van der Waals surface area contributed by atoms with Crippen LogP contribution in [0.1, 0.15) is 10.4 Å². The number of methoxy groups -OCH3 is 1. The van der Waals surface area contributed by atoms with Crippen LogP contribution < -0.4 is 0 Å². The van der Waals surface area contributed by atoms with Crippen molar-refractivity contribution in [3.63, 3.8) is 0 Å². The largest absolute Gasteiger partial charge is 0.465 e. The minimum absolute atomic E-state index is 0.399. The van der Waals surface area contributed by atoms with Crippen molar-refractivity contribution in [2.75, 3.05) is 7.11 Å². The molecule has 0 fully saturated rings. The molecule has 19 heavy (non-hydrogen) atoms. The van der Waals surface area contributed by atoms with E-state index in [-0.39, 0.29) is 0 Å². The molecule has 3 aromatic rings. The van der Waals surface area contributed by atoms with Gasteiger partial charge in [0.15, 0.2) is 5.76 Å². The van der Waals surface area contributed by atoms with E-state index in [2.05, 4.69) is 4.98 Å². The van der Waals surface area contributed by atoms with Crippen molar-refractivity contribution in [3.8, 4) is 11.5 Å². The van der Waals surface area contributed by atoms with Crippen LogP contribution in [-0.4, -0.2) is 18.1 Å². The third-order valence-electron chi connectivity index (χ3n) is 2.88. The van der Waals surface area contributed by atoms with Gasteiger partial charge in [0.05, 0.1) is 24.5 Å². The molecule has 4 nitrogen and oxygen atoms in total. The van der Waals surface area contributed by atoms with E-state index < -0.39 is 5.97 Å². The Morgan fingerprint density at radius 1 is 1.21 bits per heavy atom. The number of carbonyl (C=O) groups is 1. The van der Waals surface area contributed by atoms with Crippen molar-refractivity contribution in [2.45, 2.75) is 0 Å². The molecule has 0 spiro atoms. The molecule has 0 atom stereocenters. The molecule has 2 heterocycles. The lowest BCUT2D eigenvalue weighted by atomic mass is 10.1. The van der Waals surface area contributed by atoms with Gasteiger partial charge in [-0.05, 0) is 24.3 Å². The Labute approximate surface area is 109 Å². The first kappa shape index (κ1) is 11.5. The van der Waals surface area contributed by atoms with E-state index in [1.807, 2.05) is 24.3 Å². The molecule has 0 radical (unpaired) electrons. The number of para-hydroxylation sites is 1. The maximum absolute atomic E-state index is 11.9. The highest BCUT2D eigenvalue weighted by molar-refractivity contribution is 5.99. The van der Waals surface area contributed by atoms with E-state index in [0.29, 0.717) is 17.0 Å². The highest BCUT2D eigenvalue weighted by atomic mass is 16.5. The number of fused-ring (bicyclic) bond motifs is 1. The van der Waals surface area contributed by atoms with Crippen LogP contribution in [0.5, 0.6) is 0 Å². The fraction of sp³-hybridized carbons (Fsp3) is 0.0667. The van der Waals surface area contributed by atoms with E-state index in [4.69, 9.17) is 9.15 Å². The Kier molecular flexibility index (Phi) is 2.76. The molecule has 0 saturated carbocycles. The van der Waals surface area contributed by atoms with Crippen LogP contribution >= 0.6 is 0 Å². The predicted molar refractivity (Wildman–Crippen MR) is 70.8 cm³/mol. The fourth-order valence-electron chi connectivity index (χ4n) is 1.98. The van der Waals surface area contributed by atoms with Gasteiger partial charge in [0, 0.05) is 5.39 Å². The van der Waals surface area contributed by atoms with Gasteiger partial charge in [-0.1, -0.05) is 18.2 Å². The Morgan fingerprint density at radius 3 is 2.79 bits per heavy atom. The molecular formula is C15H11NO3. The summed E-state index contributed by atoms with van der Waals surface area (Å²) in [4.78, 5) is 16.4. The fourth-order valence-corrected chi connectivity index (χ4v) is 1.98. The highest BCUT2D eigenvalue weighted by Gasteiger charge is 2.17. The number of hydrogen-bond donors (Lipinski definition) is 0. The summed E-state index contributed by atoms with van der Waals surface area (Å²) in [5.41, 5.74) is 1.70. The van der Waals surface area contributed by atoms with Gasteiger partial charge in [0.1, 0.15) is 5.69 Å². The Balaban J connectivity index is 2.30.